The van der Waals surface area contributed by atoms with Gasteiger partial charge < -0.3 is 5.73 Å². The van der Waals surface area contributed by atoms with Gasteiger partial charge in [-0.05, 0) is 44.0 Å². The summed E-state index contributed by atoms with van der Waals surface area (Å²) < 4.78 is 0. The van der Waals surface area contributed by atoms with Gasteiger partial charge in [0.05, 0.1) is 11.4 Å². The van der Waals surface area contributed by atoms with Crippen LogP contribution in [0.15, 0.2) is 34.6 Å². The summed E-state index contributed by atoms with van der Waals surface area (Å²) in [7, 11) is 0. The molecule has 0 bridgehead atoms. The molecule has 0 aliphatic heterocycles. The number of nitrogens with zero attached hydrogens (tertiary/aromatic N) is 3. The van der Waals surface area contributed by atoms with Crippen molar-refractivity contribution in [3.05, 3.63) is 51.0 Å². The summed E-state index contributed by atoms with van der Waals surface area (Å²) in [5.74, 6) is 0.211. The van der Waals surface area contributed by atoms with Gasteiger partial charge in [0.25, 0.3) is 0 Å². The Bertz CT molecular complexity index is 781. The van der Waals surface area contributed by atoms with Crippen molar-refractivity contribution in [1.82, 2.24) is 10.5 Å². The minimum atomic E-state index is -0.130. The third-order valence-corrected chi connectivity index (χ3v) is 5.13. The zero-order chi connectivity index (χ0) is 16.4. The van der Waals surface area contributed by atoms with Crippen LogP contribution in [-0.4, -0.2) is 21.9 Å². The number of hydrogen-bond acceptors (Lipinski definition) is 5. The highest BCUT2D eigenvalue weighted by molar-refractivity contribution is 7.12. The van der Waals surface area contributed by atoms with E-state index in [-0.39, 0.29) is 5.96 Å². The predicted octanol–water partition coefficient (Wildman–Crippen LogP) is 2.49. The largest absolute Gasteiger partial charge is 0.367 e. The Hall–Kier alpha value is -2.25. The molecule has 1 unspecified atom stereocenters. The molecule has 7 heteroatoms. The molecule has 2 heterocycles. The van der Waals surface area contributed by atoms with Crippen LogP contribution < -0.4 is 11.2 Å². The molecule has 0 spiro atoms. The van der Waals surface area contributed by atoms with Gasteiger partial charge in [-0.15, -0.1) is 16.4 Å². The number of thiophene rings is 1. The second-order valence-electron chi connectivity index (χ2n) is 5.65. The Kier molecular flexibility index (Phi) is 4.40. The van der Waals surface area contributed by atoms with E-state index in [1.165, 1.54) is 9.75 Å². The Labute approximate surface area is 138 Å². The average Bonchev–Trinajstić information content (AvgIpc) is 2.98. The second-order valence-corrected chi connectivity index (χ2v) is 6.97. The number of rotatable bonds is 2. The van der Waals surface area contributed by atoms with Crippen molar-refractivity contribution >= 4 is 23.0 Å². The zero-order valence-electron chi connectivity index (χ0n) is 13.1. The Morgan fingerprint density at radius 3 is 2.87 bits per heavy atom. The number of aryl methyl sites for hydroxylation is 2. The van der Waals surface area contributed by atoms with Crippen LogP contribution in [0.5, 0.6) is 0 Å². The molecule has 0 amide bonds. The Morgan fingerprint density at radius 1 is 1.35 bits per heavy atom. The highest BCUT2D eigenvalue weighted by Crippen LogP contribution is 2.36. The molecular weight excluding hydrogens is 310 g/mol. The molecule has 23 heavy (non-hydrogen) atoms. The van der Waals surface area contributed by atoms with Crippen LogP contribution in [0.4, 0.5) is 0 Å². The highest BCUT2D eigenvalue weighted by atomic mass is 32.1. The molecule has 1 atom stereocenters. The van der Waals surface area contributed by atoms with Gasteiger partial charge in [-0.2, -0.15) is 5.10 Å². The number of guanidine groups is 1. The first-order valence-electron chi connectivity index (χ1n) is 7.39. The van der Waals surface area contributed by atoms with E-state index in [4.69, 9.17) is 10.9 Å². The van der Waals surface area contributed by atoms with Crippen LogP contribution in [0.3, 0.4) is 0 Å². The summed E-state index contributed by atoms with van der Waals surface area (Å²) in [6.07, 6.45) is 3.51. The first kappa shape index (κ1) is 15.6. The summed E-state index contributed by atoms with van der Waals surface area (Å²) in [4.78, 5) is 7.17. The van der Waals surface area contributed by atoms with Crippen molar-refractivity contribution < 1.29 is 5.21 Å². The van der Waals surface area contributed by atoms with E-state index in [2.05, 4.69) is 34.2 Å². The highest BCUT2D eigenvalue weighted by Gasteiger charge is 2.28. The standard InChI is InChI=1S/C16H19N5OS/c1-9-5-6-18-12-7-11(14-4-3-10(2)23-14)8-13(15(9)12)19-20-16(17)21-22/h3-6,11,22H,7-8H2,1-2H3,(H3,17,20,21). The molecule has 2 aromatic heterocycles. The van der Waals surface area contributed by atoms with Crippen LogP contribution in [0.25, 0.3) is 0 Å². The van der Waals surface area contributed by atoms with Crippen molar-refractivity contribution in [1.29, 1.82) is 0 Å². The van der Waals surface area contributed by atoms with Gasteiger partial charge >= 0.3 is 0 Å². The fourth-order valence-electron chi connectivity index (χ4n) is 2.91. The van der Waals surface area contributed by atoms with Gasteiger partial charge in [0, 0.05) is 33.9 Å². The lowest BCUT2D eigenvalue weighted by Crippen LogP contribution is -2.28. The van der Waals surface area contributed by atoms with Crippen LogP contribution in [0.1, 0.15) is 38.9 Å². The monoisotopic (exact) mass is 329 g/mol. The maximum absolute atomic E-state index is 8.76. The summed E-state index contributed by atoms with van der Waals surface area (Å²) in [5.41, 5.74) is 11.3. The number of nitrogens with two attached hydrogens (primary N) is 1. The predicted molar refractivity (Wildman–Crippen MR) is 92.2 cm³/mol. The van der Waals surface area contributed by atoms with Gasteiger partial charge in [0.15, 0.2) is 0 Å². The number of pyridine rings is 1. The summed E-state index contributed by atoms with van der Waals surface area (Å²) in [6.45, 7) is 4.16. The lowest BCUT2D eigenvalue weighted by Gasteiger charge is -2.25. The quantitative estimate of drug-likeness (QED) is 0.448. The minimum Gasteiger partial charge on any atom is -0.367 e. The normalized spacial score (nSPS) is 19.7. The van der Waals surface area contributed by atoms with Gasteiger partial charge in [-0.25, -0.2) is 5.48 Å². The van der Waals surface area contributed by atoms with E-state index < -0.39 is 0 Å². The van der Waals surface area contributed by atoms with Crippen LogP contribution in [0.2, 0.25) is 0 Å². The van der Waals surface area contributed by atoms with E-state index in [1.807, 2.05) is 30.5 Å². The first-order valence-corrected chi connectivity index (χ1v) is 8.21. The summed E-state index contributed by atoms with van der Waals surface area (Å²) >= 11 is 1.81. The van der Waals surface area contributed by atoms with Gasteiger partial charge in [0.1, 0.15) is 0 Å². The van der Waals surface area contributed by atoms with E-state index in [0.29, 0.717) is 5.92 Å². The van der Waals surface area contributed by atoms with E-state index in [9.17, 15) is 0 Å². The molecule has 2 aromatic rings. The molecule has 1 aliphatic rings. The molecule has 0 saturated heterocycles. The van der Waals surface area contributed by atoms with Crippen molar-refractivity contribution in [2.75, 3.05) is 0 Å². The molecule has 120 valence electrons. The fourth-order valence-corrected chi connectivity index (χ4v) is 3.88. The Morgan fingerprint density at radius 2 is 2.17 bits per heavy atom. The van der Waals surface area contributed by atoms with Crippen LogP contribution >= 0.6 is 11.3 Å². The third kappa shape index (κ3) is 3.25. The Balaban J connectivity index is 2.03. The van der Waals surface area contributed by atoms with E-state index in [0.717, 1.165) is 35.4 Å². The summed E-state index contributed by atoms with van der Waals surface area (Å²) in [5, 5.41) is 16.9. The number of hydroxylamine groups is 1. The van der Waals surface area contributed by atoms with Crippen molar-refractivity contribution in [2.24, 2.45) is 15.9 Å². The van der Waals surface area contributed by atoms with Gasteiger partial charge in [0.2, 0.25) is 5.96 Å². The summed E-state index contributed by atoms with van der Waals surface area (Å²) in [6, 6.07) is 6.29. The number of aromatic nitrogens is 1. The van der Waals surface area contributed by atoms with E-state index >= 15 is 0 Å². The number of fused-ring (bicyclic) bond motifs is 1. The molecule has 6 nitrogen and oxygen atoms in total. The molecule has 4 N–H and O–H groups in total. The zero-order valence-corrected chi connectivity index (χ0v) is 13.9. The lowest BCUT2D eigenvalue weighted by molar-refractivity contribution is 0.232. The van der Waals surface area contributed by atoms with Crippen molar-refractivity contribution in [2.45, 2.75) is 32.6 Å². The van der Waals surface area contributed by atoms with Gasteiger partial charge in [-0.3, -0.25) is 10.2 Å². The molecule has 0 fully saturated rings. The fraction of sp³-hybridized carbons (Fsp3) is 0.312. The maximum Gasteiger partial charge on any atom is 0.237 e. The van der Waals surface area contributed by atoms with Crippen LogP contribution in [-0.2, 0) is 6.42 Å². The third-order valence-electron chi connectivity index (χ3n) is 3.96. The smallest absolute Gasteiger partial charge is 0.237 e. The van der Waals surface area contributed by atoms with Gasteiger partial charge in [-0.1, -0.05) is 0 Å². The van der Waals surface area contributed by atoms with Crippen LogP contribution in [0, 0.1) is 13.8 Å². The molecule has 0 saturated carbocycles. The van der Waals surface area contributed by atoms with E-state index in [1.54, 1.807) is 5.48 Å². The second kappa shape index (κ2) is 6.47. The molecule has 3 rings (SSSR count). The van der Waals surface area contributed by atoms with Crippen molar-refractivity contribution in [3.8, 4) is 0 Å². The SMILES string of the molecule is Cc1ccc(C2CC(=NN=C(N)NO)c3c(C)ccnc3C2)s1. The number of nitrogens with one attached hydrogen (secondary N) is 1. The molecular formula is C16H19N5OS. The minimum absolute atomic E-state index is 0.130. The average molecular weight is 329 g/mol. The lowest BCUT2D eigenvalue weighted by atomic mass is 9.83. The maximum atomic E-state index is 8.76. The molecule has 0 radical (unpaired) electrons. The number of hydrogen-bond donors (Lipinski definition) is 3. The first-order chi connectivity index (χ1) is 11.1. The molecule has 0 aromatic carbocycles. The topological polar surface area (TPSA) is 95.9 Å². The van der Waals surface area contributed by atoms with Crippen molar-refractivity contribution in [3.63, 3.8) is 0 Å². The molecule has 1 aliphatic carbocycles.